The van der Waals surface area contributed by atoms with Crippen LogP contribution < -0.4 is 5.32 Å². The van der Waals surface area contributed by atoms with Gasteiger partial charge in [-0.3, -0.25) is 4.79 Å². The molecule has 0 saturated heterocycles. The SMILES string of the molecule is O=C(CN(C1CCCCC1)S(=O)(=O)c1ccc(Br)cc1)Nc1ccc(F)c(C(F)(F)F)c1. The van der Waals surface area contributed by atoms with E-state index in [0.29, 0.717) is 29.4 Å². The van der Waals surface area contributed by atoms with Gasteiger partial charge in [-0.1, -0.05) is 35.2 Å². The first-order valence-corrected chi connectivity index (χ1v) is 12.2. The van der Waals surface area contributed by atoms with Crippen LogP contribution in [-0.4, -0.2) is 31.2 Å². The normalized spacial score (nSPS) is 15.7. The van der Waals surface area contributed by atoms with E-state index in [-0.39, 0.29) is 10.6 Å². The molecule has 0 heterocycles. The monoisotopic (exact) mass is 536 g/mol. The van der Waals surface area contributed by atoms with Gasteiger partial charge < -0.3 is 5.32 Å². The smallest absolute Gasteiger partial charge is 0.325 e. The summed E-state index contributed by atoms with van der Waals surface area (Å²) in [5, 5.41) is 2.26. The van der Waals surface area contributed by atoms with E-state index in [9.17, 15) is 30.8 Å². The predicted molar refractivity (Wildman–Crippen MR) is 115 cm³/mol. The Bertz CT molecular complexity index is 1070. The van der Waals surface area contributed by atoms with Gasteiger partial charge in [-0.25, -0.2) is 12.8 Å². The predicted octanol–water partition coefficient (Wildman–Crippen LogP) is 5.57. The molecule has 0 spiro atoms. The van der Waals surface area contributed by atoms with Crippen LogP contribution in [-0.2, 0) is 21.0 Å². The van der Waals surface area contributed by atoms with E-state index >= 15 is 0 Å². The van der Waals surface area contributed by atoms with Crippen molar-refractivity contribution >= 4 is 37.5 Å². The molecule has 32 heavy (non-hydrogen) atoms. The first-order valence-electron chi connectivity index (χ1n) is 9.92. The molecule has 1 aliphatic carbocycles. The number of benzene rings is 2. The number of anilines is 1. The van der Waals surface area contributed by atoms with Crippen LogP contribution in [0.2, 0.25) is 0 Å². The lowest BCUT2D eigenvalue weighted by Gasteiger charge is -2.33. The van der Waals surface area contributed by atoms with Crippen molar-refractivity contribution in [1.82, 2.24) is 4.31 Å². The highest BCUT2D eigenvalue weighted by Crippen LogP contribution is 2.33. The quantitative estimate of drug-likeness (QED) is 0.491. The first kappa shape index (κ1) is 24.7. The third-order valence-electron chi connectivity index (χ3n) is 5.26. The van der Waals surface area contributed by atoms with Crippen molar-refractivity contribution in [3.63, 3.8) is 0 Å². The molecular weight excluding hydrogens is 516 g/mol. The van der Waals surface area contributed by atoms with Crippen LogP contribution in [0.25, 0.3) is 0 Å². The molecule has 174 valence electrons. The van der Waals surface area contributed by atoms with Gasteiger partial charge in [0.2, 0.25) is 15.9 Å². The van der Waals surface area contributed by atoms with Crippen LogP contribution in [0.1, 0.15) is 37.7 Å². The molecule has 0 aromatic heterocycles. The van der Waals surface area contributed by atoms with Gasteiger partial charge in [0.05, 0.1) is 17.0 Å². The maximum absolute atomic E-state index is 13.5. The minimum Gasteiger partial charge on any atom is -0.325 e. The summed E-state index contributed by atoms with van der Waals surface area (Å²) in [5.74, 6) is -2.27. The van der Waals surface area contributed by atoms with Crippen molar-refractivity contribution in [3.05, 3.63) is 58.3 Å². The third kappa shape index (κ3) is 5.87. The minimum atomic E-state index is -4.93. The largest absolute Gasteiger partial charge is 0.419 e. The number of amides is 1. The zero-order chi connectivity index (χ0) is 23.5. The van der Waals surface area contributed by atoms with Crippen molar-refractivity contribution in [2.75, 3.05) is 11.9 Å². The summed E-state index contributed by atoms with van der Waals surface area (Å²) in [6.45, 7) is -0.568. The number of sulfonamides is 1. The number of hydrogen-bond acceptors (Lipinski definition) is 3. The topological polar surface area (TPSA) is 66.5 Å². The van der Waals surface area contributed by atoms with Crippen molar-refractivity contribution in [3.8, 4) is 0 Å². The Morgan fingerprint density at radius 1 is 1.06 bits per heavy atom. The van der Waals surface area contributed by atoms with Gasteiger partial charge in [-0.05, 0) is 55.3 Å². The van der Waals surface area contributed by atoms with E-state index in [1.807, 2.05) is 0 Å². The molecule has 0 aliphatic heterocycles. The second-order valence-corrected chi connectivity index (χ2v) is 10.3. The summed E-state index contributed by atoms with van der Waals surface area (Å²) >= 11 is 3.25. The van der Waals surface area contributed by atoms with Crippen LogP contribution in [0.4, 0.5) is 23.2 Å². The Morgan fingerprint density at radius 2 is 1.69 bits per heavy atom. The van der Waals surface area contributed by atoms with Crippen LogP contribution >= 0.6 is 15.9 Å². The van der Waals surface area contributed by atoms with Crippen LogP contribution in [0.3, 0.4) is 0 Å². The average molecular weight is 537 g/mol. The average Bonchev–Trinajstić information content (AvgIpc) is 2.73. The molecule has 1 N–H and O–H groups in total. The van der Waals surface area contributed by atoms with Crippen LogP contribution in [0.15, 0.2) is 51.8 Å². The molecule has 1 aliphatic rings. The van der Waals surface area contributed by atoms with E-state index < -0.39 is 46.1 Å². The van der Waals surface area contributed by atoms with Crippen molar-refractivity contribution in [2.45, 2.75) is 49.2 Å². The number of carbonyl (C=O) groups excluding carboxylic acids is 1. The molecular formula is C21H21BrF4N2O3S. The highest BCUT2D eigenvalue weighted by Gasteiger charge is 2.36. The number of alkyl halides is 3. The molecule has 11 heteroatoms. The zero-order valence-corrected chi connectivity index (χ0v) is 19.2. The summed E-state index contributed by atoms with van der Waals surface area (Å²) in [7, 11) is -4.03. The van der Waals surface area contributed by atoms with E-state index in [1.165, 1.54) is 12.1 Å². The molecule has 0 bridgehead atoms. The maximum Gasteiger partial charge on any atom is 0.419 e. The molecule has 0 atom stereocenters. The molecule has 1 fully saturated rings. The Labute approximate surface area is 192 Å². The molecule has 0 radical (unpaired) electrons. The standard InChI is InChI=1S/C21H21BrF4N2O3S/c22-14-6-9-17(10-7-14)32(30,31)28(16-4-2-1-3-5-16)13-20(29)27-15-8-11-19(23)18(12-15)21(24,25)26/h6-12,16H,1-5,13H2,(H,27,29). The third-order valence-corrected chi connectivity index (χ3v) is 7.70. The number of nitrogens with one attached hydrogen (secondary N) is 1. The molecule has 1 amide bonds. The van der Waals surface area contributed by atoms with Gasteiger partial charge >= 0.3 is 6.18 Å². The van der Waals surface area contributed by atoms with E-state index in [1.54, 1.807) is 12.1 Å². The Morgan fingerprint density at radius 3 is 2.28 bits per heavy atom. The lowest BCUT2D eigenvalue weighted by molar-refractivity contribution is -0.140. The van der Waals surface area contributed by atoms with E-state index in [2.05, 4.69) is 21.2 Å². The van der Waals surface area contributed by atoms with Gasteiger partial charge in [0, 0.05) is 16.2 Å². The highest BCUT2D eigenvalue weighted by molar-refractivity contribution is 9.10. The number of nitrogens with zero attached hydrogens (tertiary/aromatic N) is 1. The lowest BCUT2D eigenvalue weighted by Crippen LogP contribution is -2.45. The second kappa shape index (κ2) is 9.88. The van der Waals surface area contributed by atoms with Crippen LogP contribution in [0.5, 0.6) is 0 Å². The molecule has 1 saturated carbocycles. The van der Waals surface area contributed by atoms with Crippen molar-refractivity contribution < 1.29 is 30.8 Å². The van der Waals surface area contributed by atoms with Crippen molar-refractivity contribution in [1.29, 1.82) is 0 Å². The Hall–Kier alpha value is -1.98. The summed E-state index contributed by atoms with van der Waals surface area (Å²) in [6.07, 6.45) is -1.18. The fourth-order valence-corrected chi connectivity index (χ4v) is 5.59. The zero-order valence-electron chi connectivity index (χ0n) is 16.8. The van der Waals surface area contributed by atoms with Gasteiger partial charge in [-0.2, -0.15) is 17.5 Å². The van der Waals surface area contributed by atoms with Crippen LogP contribution in [0, 0.1) is 5.82 Å². The number of halogens is 5. The minimum absolute atomic E-state index is 0.0141. The summed E-state index contributed by atoms with van der Waals surface area (Å²) in [4.78, 5) is 12.7. The molecule has 2 aromatic rings. The Balaban J connectivity index is 1.85. The summed E-state index contributed by atoms with van der Waals surface area (Å²) in [6, 6.07) is 7.67. The second-order valence-electron chi connectivity index (χ2n) is 7.54. The van der Waals surface area contributed by atoms with Crippen molar-refractivity contribution in [2.24, 2.45) is 0 Å². The number of carbonyl (C=O) groups is 1. The van der Waals surface area contributed by atoms with Gasteiger partial charge in [0.25, 0.3) is 0 Å². The van der Waals surface area contributed by atoms with Gasteiger partial charge in [0.15, 0.2) is 0 Å². The number of rotatable bonds is 6. The Kier molecular flexibility index (Phi) is 7.61. The molecule has 2 aromatic carbocycles. The number of hydrogen-bond donors (Lipinski definition) is 1. The molecule has 0 unspecified atom stereocenters. The lowest BCUT2D eigenvalue weighted by atomic mass is 9.95. The summed E-state index contributed by atoms with van der Waals surface area (Å²) in [5.41, 5.74) is -1.78. The maximum atomic E-state index is 13.5. The fraction of sp³-hybridized carbons (Fsp3) is 0.381. The van der Waals surface area contributed by atoms with E-state index in [4.69, 9.17) is 0 Å². The molecule has 3 rings (SSSR count). The van der Waals surface area contributed by atoms with Gasteiger partial charge in [0.1, 0.15) is 5.82 Å². The molecule has 5 nitrogen and oxygen atoms in total. The van der Waals surface area contributed by atoms with Gasteiger partial charge in [-0.15, -0.1) is 0 Å². The highest BCUT2D eigenvalue weighted by atomic mass is 79.9. The first-order chi connectivity index (χ1) is 15.0. The van der Waals surface area contributed by atoms with E-state index in [0.717, 1.165) is 29.6 Å². The summed E-state index contributed by atoms with van der Waals surface area (Å²) < 4.78 is 80.7. The fourth-order valence-electron chi connectivity index (χ4n) is 3.68.